The molecule has 0 radical (unpaired) electrons. The van der Waals surface area contributed by atoms with Gasteiger partial charge in [0.05, 0.1) is 0 Å². The lowest BCUT2D eigenvalue weighted by molar-refractivity contribution is -0.122. The van der Waals surface area contributed by atoms with Crippen molar-refractivity contribution in [1.82, 2.24) is 15.1 Å². The Morgan fingerprint density at radius 1 is 1.11 bits per heavy atom. The molecule has 2 aliphatic heterocycles. The molecule has 2 aliphatic rings. The number of benzene rings is 2. The molecule has 2 aromatic rings. The average molecular weight is 381 g/mol. The minimum absolute atomic E-state index is 0.0648. The summed E-state index contributed by atoms with van der Waals surface area (Å²) in [5, 5.41) is 3.23. The topological polar surface area (TPSA) is 35.4 Å². The second-order valence-electron chi connectivity index (χ2n) is 8.06. The van der Waals surface area contributed by atoms with E-state index in [1.165, 1.54) is 11.6 Å². The van der Waals surface area contributed by atoms with Gasteiger partial charge >= 0.3 is 0 Å². The summed E-state index contributed by atoms with van der Waals surface area (Å²) in [6, 6.07) is 15.6. The van der Waals surface area contributed by atoms with Crippen molar-refractivity contribution >= 4 is 5.91 Å². The standard InChI is InChI=1S/C23H28FN3O/c1-17-7-8-20(24)13-19(17)15-27-16-22(27)23(28)25-21-9-11-26(12-10-21)14-18-5-3-2-4-6-18/h2-8,13,21-22H,9-12,14-16H2,1H3,(H,25,28). The van der Waals surface area contributed by atoms with Crippen molar-refractivity contribution in [3.05, 3.63) is 71.0 Å². The van der Waals surface area contributed by atoms with Crippen LogP contribution in [0.25, 0.3) is 0 Å². The van der Waals surface area contributed by atoms with E-state index in [-0.39, 0.29) is 23.8 Å². The number of nitrogens with zero attached hydrogens (tertiary/aromatic N) is 2. The summed E-state index contributed by atoms with van der Waals surface area (Å²) in [6.45, 7) is 6.38. The fourth-order valence-corrected chi connectivity index (χ4v) is 4.00. The van der Waals surface area contributed by atoms with Crippen molar-refractivity contribution in [3.8, 4) is 0 Å². The molecule has 2 atom stereocenters. The molecule has 28 heavy (non-hydrogen) atoms. The van der Waals surface area contributed by atoms with Crippen molar-refractivity contribution in [2.45, 2.75) is 44.9 Å². The van der Waals surface area contributed by atoms with Crippen LogP contribution in [-0.2, 0) is 17.9 Å². The first kappa shape index (κ1) is 19.1. The van der Waals surface area contributed by atoms with Crippen LogP contribution in [-0.4, -0.2) is 47.4 Å². The second kappa shape index (κ2) is 8.41. The van der Waals surface area contributed by atoms with Gasteiger partial charge in [-0.1, -0.05) is 36.4 Å². The Labute approximate surface area is 166 Å². The highest BCUT2D eigenvalue weighted by Crippen LogP contribution is 2.24. The molecule has 2 unspecified atom stereocenters. The lowest BCUT2D eigenvalue weighted by atomic mass is 10.0. The van der Waals surface area contributed by atoms with Crippen LogP contribution in [0.1, 0.15) is 29.5 Å². The van der Waals surface area contributed by atoms with Gasteiger partial charge in [0.2, 0.25) is 5.91 Å². The highest BCUT2D eigenvalue weighted by molar-refractivity contribution is 5.84. The number of hydrogen-bond donors (Lipinski definition) is 1. The van der Waals surface area contributed by atoms with Gasteiger partial charge in [-0.2, -0.15) is 0 Å². The Morgan fingerprint density at radius 3 is 2.61 bits per heavy atom. The monoisotopic (exact) mass is 381 g/mol. The Hall–Kier alpha value is -2.24. The van der Waals surface area contributed by atoms with Gasteiger partial charge in [0.1, 0.15) is 11.9 Å². The maximum atomic E-state index is 13.5. The normalized spacial score (nSPS) is 22.8. The first-order chi connectivity index (χ1) is 13.6. The largest absolute Gasteiger partial charge is 0.352 e. The summed E-state index contributed by atoms with van der Waals surface area (Å²) >= 11 is 0. The maximum absolute atomic E-state index is 13.5. The molecule has 0 aliphatic carbocycles. The van der Waals surface area contributed by atoms with Gasteiger partial charge in [-0.05, 0) is 48.6 Å². The summed E-state index contributed by atoms with van der Waals surface area (Å²) in [4.78, 5) is 17.1. The number of rotatable bonds is 6. The first-order valence-electron chi connectivity index (χ1n) is 10.1. The fourth-order valence-electron chi connectivity index (χ4n) is 4.00. The minimum atomic E-state index is -0.217. The van der Waals surface area contributed by atoms with E-state index in [0.717, 1.165) is 50.1 Å². The van der Waals surface area contributed by atoms with E-state index in [1.807, 2.05) is 13.0 Å². The summed E-state index contributed by atoms with van der Waals surface area (Å²) in [7, 11) is 0. The lowest BCUT2D eigenvalue weighted by Gasteiger charge is -2.32. The molecule has 4 rings (SSSR count). The molecule has 2 heterocycles. The van der Waals surface area contributed by atoms with E-state index in [4.69, 9.17) is 0 Å². The number of aryl methyl sites for hydroxylation is 1. The number of halogens is 1. The molecule has 0 aromatic heterocycles. The van der Waals surface area contributed by atoms with Crippen molar-refractivity contribution in [3.63, 3.8) is 0 Å². The molecule has 1 N–H and O–H groups in total. The van der Waals surface area contributed by atoms with Crippen LogP contribution in [0.4, 0.5) is 4.39 Å². The average Bonchev–Trinajstić information content (AvgIpc) is 3.46. The van der Waals surface area contributed by atoms with E-state index in [0.29, 0.717) is 6.54 Å². The molecule has 1 amide bonds. The minimum Gasteiger partial charge on any atom is -0.352 e. The summed E-state index contributed by atoms with van der Waals surface area (Å²) < 4.78 is 13.5. The third-order valence-corrected chi connectivity index (χ3v) is 5.88. The number of piperidine rings is 1. The maximum Gasteiger partial charge on any atom is 0.238 e. The smallest absolute Gasteiger partial charge is 0.238 e. The Morgan fingerprint density at radius 2 is 1.86 bits per heavy atom. The van der Waals surface area contributed by atoms with Crippen LogP contribution in [0.2, 0.25) is 0 Å². The van der Waals surface area contributed by atoms with Gasteiger partial charge in [-0.15, -0.1) is 0 Å². The zero-order chi connectivity index (χ0) is 19.5. The third-order valence-electron chi connectivity index (χ3n) is 5.88. The van der Waals surface area contributed by atoms with Crippen LogP contribution in [0.3, 0.4) is 0 Å². The number of hydrogen-bond acceptors (Lipinski definition) is 3. The van der Waals surface area contributed by atoms with Gasteiger partial charge in [0.15, 0.2) is 0 Å². The number of nitrogens with one attached hydrogen (secondary N) is 1. The summed E-state index contributed by atoms with van der Waals surface area (Å²) in [5.41, 5.74) is 3.37. The van der Waals surface area contributed by atoms with Crippen molar-refractivity contribution in [2.75, 3.05) is 19.6 Å². The number of likely N-dealkylation sites (tertiary alicyclic amines) is 1. The summed E-state index contributed by atoms with van der Waals surface area (Å²) in [5.74, 6) is -0.0960. The molecular weight excluding hydrogens is 353 g/mol. The molecule has 4 nitrogen and oxygen atoms in total. The third kappa shape index (κ3) is 4.78. The molecule has 2 fully saturated rings. The van der Waals surface area contributed by atoms with E-state index in [2.05, 4.69) is 39.4 Å². The Balaban J connectivity index is 1.21. The summed E-state index contributed by atoms with van der Waals surface area (Å²) in [6.07, 6.45) is 1.99. The van der Waals surface area contributed by atoms with Crippen molar-refractivity contribution in [2.24, 2.45) is 0 Å². The first-order valence-corrected chi connectivity index (χ1v) is 10.1. The van der Waals surface area contributed by atoms with Crippen LogP contribution in [0.5, 0.6) is 0 Å². The molecule has 0 bridgehead atoms. The Kier molecular flexibility index (Phi) is 5.74. The van der Waals surface area contributed by atoms with Gasteiger partial charge in [0.25, 0.3) is 0 Å². The molecule has 148 valence electrons. The van der Waals surface area contributed by atoms with Crippen molar-refractivity contribution in [1.29, 1.82) is 0 Å². The number of amides is 1. The Bertz CT molecular complexity index is 818. The van der Waals surface area contributed by atoms with E-state index in [1.54, 1.807) is 12.1 Å². The zero-order valence-electron chi connectivity index (χ0n) is 16.4. The number of carbonyl (C=O) groups is 1. The molecule has 2 aromatic carbocycles. The molecule has 0 spiro atoms. The lowest BCUT2D eigenvalue weighted by Crippen LogP contribution is -2.46. The molecular formula is C23H28FN3O. The van der Waals surface area contributed by atoms with Crippen LogP contribution >= 0.6 is 0 Å². The zero-order valence-corrected chi connectivity index (χ0v) is 16.4. The van der Waals surface area contributed by atoms with Crippen LogP contribution in [0, 0.1) is 12.7 Å². The quantitative estimate of drug-likeness (QED) is 0.781. The fraction of sp³-hybridized carbons (Fsp3) is 0.435. The second-order valence-corrected chi connectivity index (χ2v) is 8.06. The highest BCUT2D eigenvalue weighted by Gasteiger charge is 2.41. The number of carbonyl (C=O) groups excluding carboxylic acids is 1. The van der Waals surface area contributed by atoms with Crippen molar-refractivity contribution < 1.29 is 9.18 Å². The molecule has 0 saturated carbocycles. The van der Waals surface area contributed by atoms with Crippen LogP contribution < -0.4 is 5.32 Å². The predicted octanol–water partition coefficient (Wildman–Crippen LogP) is 3.10. The molecule has 2 saturated heterocycles. The SMILES string of the molecule is Cc1ccc(F)cc1CN1CC1C(=O)NC1CCN(Cc2ccccc2)CC1. The predicted molar refractivity (Wildman–Crippen MR) is 108 cm³/mol. The van der Waals surface area contributed by atoms with Gasteiger partial charge in [-0.25, -0.2) is 4.39 Å². The van der Waals surface area contributed by atoms with Crippen LogP contribution in [0.15, 0.2) is 48.5 Å². The molecule has 5 heteroatoms. The van der Waals surface area contributed by atoms with Gasteiger partial charge < -0.3 is 5.32 Å². The van der Waals surface area contributed by atoms with Gasteiger partial charge in [0, 0.05) is 38.8 Å². The highest BCUT2D eigenvalue weighted by atomic mass is 19.1. The van der Waals surface area contributed by atoms with Gasteiger partial charge in [-0.3, -0.25) is 14.6 Å². The van der Waals surface area contributed by atoms with E-state index >= 15 is 0 Å². The van der Waals surface area contributed by atoms with E-state index < -0.39 is 0 Å². The van der Waals surface area contributed by atoms with E-state index in [9.17, 15) is 9.18 Å².